The van der Waals surface area contributed by atoms with Crippen molar-refractivity contribution in [2.24, 2.45) is 0 Å². The summed E-state index contributed by atoms with van der Waals surface area (Å²) in [6, 6.07) is 0. The molecule has 12 heavy (non-hydrogen) atoms. The molecule has 0 aromatic carbocycles. The van der Waals surface area contributed by atoms with Gasteiger partial charge in [-0.3, -0.25) is 0 Å². The van der Waals surface area contributed by atoms with Gasteiger partial charge in [0.15, 0.2) is 0 Å². The Labute approximate surface area is 72.8 Å². The summed E-state index contributed by atoms with van der Waals surface area (Å²) in [5, 5.41) is 2.67. The van der Waals surface area contributed by atoms with E-state index in [0.29, 0.717) is 6.54 Å². The van der Waals surface area contributed by atoms with E-state index in [1.54, 1.807) is 0 Å². The number of carbonyl (C=O) groups excluding carboxylic acids is 1. The minimum atomic E-state index is -0.346. The molecule has 3 nitrogen and oxygen atoms in total. The molecule has 0 saturated carbocycles. The van der Waals surface area contributed by atoms with Gasteiger partial charge in [0.2, 0.25) is 0 Å². The van der Waals surface area contributed by atoms with E-state index in [9.17, 15) is 4.79 Å². The Morgan fingerprint density at radius 1 is 1.67 bits per heavy atom. The van der Waals surface area contributed by atoms with Gasteiger partial charge in [-0.1, -0.05) is 11.6 Å². The van der Waals surface area contributed by atoms with Crippen LogP contribution >= 0.6 is 0 Å². The number of nitrogens with one attached hydrogen (secondary N) is 1. The summed E-state index contributed by atoms with van der Waals surface area (Å²) in [4.78, 5) is 10.7. The van der Waals surface area contributed by atoms with Gasteiger partial charge in [0.05, 0.1) is 7.11 Å². The molecular formula is C9H15NO2. The van der Waals surface area contributed by atoms with Crippen LogP contribution in [-0.2, 0) is 4.74 Å². The Hall–Kier alpha value is -0.990. The van der Waals surface area contributed by atoms with Crippen molar-refractivity contribution in [1.82, 2.24) is 5.32 Å². The first-order valence-corrected chi connectivity index (χ1v) is 4.32. The lowest BCUT2D eigenvalue weighted by Crippen LogP contribution is -2.25. The van der Waals surface area contributed by atoms with Crippen LogP contribution in [0.15, 0.2) is 11.6 Å². The molecule has 1 aliphatic rings. The Bertz CT molecular complexity index is 187. The van der Waals surface area contributed by atoms with Gasteiger partial charge in [-0.2, -0.15) is 0 Å². The van der Waals surface area contributed by atoms with Crippen molar-refractivity contribution in [3.63, 3.8) is 0 Å². The molecule has 68 valence electrons. The van der Waals surface area contributed by atoms with Crippen molar-refractivity contribution < 1.29 is 9.53 Å². The second kappa shape index (κ2) is 4.80. The van der Waals surface area contributed by atoms with E-state index in [-0.39, 0.29) is 6.09 Å². The molecule has 0 radical (unpaired) electrons. The summed E-state index contributed by atoms with van der Waals surface area (Å²) in [5.74, 6) is 0. The number of allylic oxidation sites excluding steroid dienone is 1. The summed E-state index contributed by atoms with van der Waals surface area (Å²) in [7, 11) is 1.38. The quantitative estimate of drug-likeness (QED) is 0.640. The first kappa shape index (κ1) is 9.10. The number of amides is 1. The third kappa shape index (κ3) is 2.95. The standard InChI is InChI=1S/C9H15NO2/c1-12-9(11)10-7-8-5-3-2-4-6-8/h5H,2-4,6-7H2,1H3,(H,10,11). The topological polar surface area (TPSA) is 38.3 Å². The van der Waals surface area contributed by atoms with E-state index in [2.05, 4.69) is 16.1 Å². The molecule has 1 N–H and O–H groups in total. The summed E-state index contributed by atoms with van der Waals surface area (Å²) < 4.78 is 4.46. The van der Waals surface area contributed by atoms with Crippen molar-refractivity contribution in [1.29, 1.82) is 0 Å². The van der Waals surface area contributed by atoms with Crippen molar-refractivity contribution >= 4 is 6.09 Å². The Morgan fingerprint density at radius 2 is 2.50 bits per heavy atom. The van der Waals surface area contributed by atoms with Crippen LogP contribution in [0.2, 0.25) is 0 Å². The molecule has 0 bridgehead atoms. The number of methoxy groups -OCH3 is 1. The lowest BCUT2D eigenvalue weighted by molar-refractivity contribution is 0.172. The molecule has 0 aromatic heterocycles. The van der Waals surface area contributed by atoms with E-state index in [1.807, 2.05) is 0 Å². The third-order valence-electron chi connectivity index (χ3n) is 2.03. The summed E-state index contributed by atoms with van der Waals surface area (Å²) in [6.45, 7) is 0.646. The number of hydrogen-bond donors (Lipinski definition) is 1. The Kier molecular flexibility index (Phi) is 3.64. The van der Waals surface area contributed by atoms with Crippen LogP contribution in [0.3, 0.4) is 0 Å². The highest BCUT2D eigenvalue weighted by Crippen LogP contribution is 2.16. The lowest BCUT2D eigenvalue weighted by Gasteiger charge is -2.12. The van der Waals surface area contributed by atoms with Crippen molar-refractivity contribution in [3.8, 4) is 0 Å². The van der Waals surface area contributed by atoms with Crippen LogP contribution in [0.5, 0.6) is 0 Å². The fourth-order valence-electron chi connectivity index (χ4n) is 1.32. The van der Waals surface area contributed by atoms with Crippen LogP contribution in [0.25, 0.3) is 0 Å². The molecule has 0 saturated heterocycles. The molecule has 0 spiro atoms. The highest BCUT2D eigenvalue weighted by atomic mass is 16.5. The van der Waals surface area contributed by atoms with Gasteiger partial charge in [0.1, 0.15) is 0 Å². The van der Waals surface area contributed by atoms with Crippen LogP contribution < -0.4 is 5.32 Å². The Morgan fingerprint density at radius 3 is 3.08 bits per heavy atom. The lowest BCUT2D eigenvalue weighted by atomic mass is 10.00. The van der Waals surface area contributed by atoms with Crippen molar-refractivity contribution in [3.05, 3.63) is 11.6 Å². The van der Waals surface area contributed by atoms with Gasteiger partial charge in [-0.15, -0.1) is 0 Å². The second-order valence-electron chi connectivity index (χ2n) is 2.95. The minimum Gasteiger partial charge on any atom is -0.453 e. The van der Waals surface area contributed by atoms with Crippen molar-refractivity contribution in [2.45, 2.75) is 25.7 Å². The molecule has 0 atom stereocenters. The number of alkyl carbamates (subject to hydrolysis) is 1. The second-order valence-corrected chi connectivity index (χ2v) is 2.95. The van der Waals surface area contributed by atoms with Gasteiger partial charge in [0, 0.05) is 6.54 Å². The van der Waals surface area contributed by atoms with Gasteiger partial charge >= 0.3 is 6.09 Å². The fourth-order valence-corrected chi connectivity index (χ4v) is 1.32. The third-order valence-corrected chi connectivity index (χ3v) is 2.03. The first-order chi connectivity index (χ1) is 5.83. The van der Waals surface area contributed by atoms with Crippen molar-refractivity contribution in [2.75, 3.05) is 13.7 Å². The van der Waals surface area contributed by atoms with Gasteiger partial charge in [-0.05, 0) is 25.7 Å². The van der Waals surface area contributed by atoms with Crippen LogP contribution in [-0.4, -0.2) is 19.7 Å². The maximum absolute atomic E-state index is 10.7. The predicted molar refractivity (Wildman–Crippen MR) is 47.0 cm³/mol. The first-order valence-electron chi connectivity index (χ1n) is 4.32. The van der Waals surface area contributed by atoms with Crippen LogP contribution in [0.4, 0.5) is 4.79 Å². The molecule has 0 aliphatic heterocycles. The molecule has 3 heteroatoms. The highest BCUT2D eigenvalue weighted by Gasteiger charge is 2.04. The zero-order valence-electron chi connectivity index (χ0n) is 7.43. The van der Waals surface area contributed by atoms with Gasteiger partial charge in [-0.25, -0.2) is 4.79 Å². The van der Waals surface area contributed by atoms with E-state index >= 15 is 0 Å². The number of hydrogen-bond acceptors (Lipinski definition) is 2. The summed E-state index contributed by atoms with van der Waals surface area (Å²) >= 11 is 0. The molecule has 0 aromatic rings. The normalized spacial score (nSPS) is 16.6. The highest BCUT2D eigenvalue weighted by molar-refractivity contribution is 5.67. The van der Waals surface area contributed by atoms with Gasteiger partial charge < -0.3 is 10.1 Å². The number of ether oxygens (including phenoxy) is 1. The number of carbonyl (C=O) groups is 1. The van der Waals surface area contributed by atoms with Crippen LogP contribution in [0, 0.1) is 0 Å². The smallest absolute Gasteiger partial charge is 0.407 e. The Balaban J connectivity index is 2.21. The molecule has 0 fully saturated rings. The SMILES string of the molecule is COC(=O)NCC1=CCCCC1. The zero-order chi connectivity index (χ0) is 8.81. The van der Waals surface area contributed by atoms with E-state index in [0.717, 1.165) is 12.8 Å². The minimum absolute atomic E-state index is 0.346. The number of rotatable bonds is 2. The summed E-state index contributed by atoms with van der Waals surface area (Å²) in [6.07, 6.45) is 6.65. The van der Waals surface area contributed by atoms with Gasteiger partial charge in [0.25, 0.3) is 0 Å². The maximum atomic E-state index is 10.7. The molecule has 1 amide bonds. The monoisotopic (exact) mass is 169 g/mol. The fraction of sp³-hybridized carbons (Fsp3) is 0.667. The van der Waals surface area contributed by atoms with Crippen LogP contribution in [0.1, 0.15) is 25.7 Å². The van der Waals surface area contributed by atoms with E-state index < -0.39 is 0 Å². The van der Waals surface area contributed by atoms with E-state index in [4.69, 9.17) is 0 Å². The van der Waals surface area contributed by atoms with E-state index in [1.165, 1.54) is 25.5 Å². The zero-order valence-corrected chi connectivity index (χ0v) is 7.43. The largest absolute Gasteiger partial charge is 0.453 e. The molecule has 1 aliphatic carbocycles. The molecule has 0 heterocycles. The molecular weight excluding hydrogens is 154 g/mol. The molecule has 0 unspecified atom stereocenters. The summed E-state index contributed by atoms with van der Waals surface area (Å²) in [5.41, 5.74) is 1.33. The average Bonchev–Trinajstić information content (AvgIpc) is 2.16. The predicted octanol–water partition coefficient (Wildman–Crippen LogP) is 1.84. The molecule has 1 rings (SSSR count). The average molecular weight is 169 g/mol. The maximum Gasteiger partial charge on any atom is 0.407 e.